The first-order valence-corrected chi connectivity index (χ1v) is 6.63. The van der Waals surface area contributed by atoms with Crippen LogP contribution in [0.5, 0.6) is 0 Å². The number of alkyl halides is 3. The predicted octanol–water partition coefficient (Wildman–Crippen LogP) is -0.464. The molecule has 0 saturated heterocycles. The van der Waals surface area contributed by atoms with Crippen LogP contribution in [0.3, 0.4) is 0 Å². The Bertz CT molecular complexity index is 719. The van der Waals surface area contributed by atoms with Crippen molar-refractivity contribution in [1.29, 1.82) is 0 Å². The quantitative estimate of drug-likeness (QED) is 0.166. The van der Waals surface area contributed by atoms with Crippen LogP contribution < -0.4 is 5.73 Å². The van der Waals surface area contributed by atoms with E-state index in [2.05, 4.69) is 5.73 Å². The molecule has 24 heteroatoms. The highest BCUT2D eigenvalue weighted by Gasteiger charge is 2.77. The third-order valence-electron chi connectivity index (χ3n) is 3.16. The lowest BCUT2D eigenvalue weighted by Crippen LogP contribution is -2.57. The van der Waals surface area contributed by atoms with Crippen molar-refractivity contribution < 1.29 is 52.6 Å². The summed E-state index contributed by atoms with van der Waals surface area (Å²) in [6, 6.07) is 0. The fourth-order valence-electron chi connectivity index (χ4n) is 1.76. The molecule has 21 nitrogen and oxygen atoms in total. The molecule has 0 fully saturated rings. The Kier molecular flexibility index (Phi) is 9.05. The summed E-state index contributed by atoms with van der Waals surface area (Å²) in [6.07, 6.45) is -6.97. The van der Waals surface area contributed by atoms with Gasteiger partial charge in [0, 0.05) is 0 Å². The van der Waals surface area contributed by atoms with Crippen molar-refractivity contribution in [2.75, 3.05) is 0 Å². The third-order valence-corrected chi connectivity index (χ3v) is 3.16. The van der Waals surface area contributed by atoms with Gasteiger partial charge in [-0.05, 0) is 0 Å². The van der Waals surface area contributed by atoms with Gasteiger partial charge in [-0.1, -0.05) is 13.2 Å². The second-order valence-corrected chi connectivity index (χ2v) is 5.06. The summed E-state index contributed by atoms with van der Waals surface area (Å²) in [7, 11) is 0. The number of nitrogens with two attached hydrogens (primary N) is 1. The average Bonchev–Trinajstić information content (AvgIpc) is 2.58. The van der Waals surface area contributed by atoms with E-state index in [4.69, 9.17) is 9.90 Å². The Morgan fingerprint density at radius 1 is 0.710 bits per heavy atom. The molecule has 0 aromatic heterocycles. The maximum Gasteiger partial charge on any atom is 0.618 e. The summed E-state index contributed by atoms with van der Waals surface area (Å²) in [5.74, 6) is -19.5. The van der Waals surface area contributed by atoms with Crippen molar-refractivity contribution in [3.8, 4) is 0 Å². The highest BCUT2D eigenvalue weighted by Crippen LogP contribution is 2.40. The molecule has 0 aromatic carbocycles. The van der Waals surface area contributed by atoms with Crippen molar-refractivity contribution in [3.63, 3.8) is 0 Å². The third kappa shape index (κ3) is 6.22. The second-order valence-electron chi connectivity index (χ2n) is 5.06. The zero-order valence-corrected chi connectivity index (χ0v) is 14.1. The van der Waals surface area contributed by atoms with Crippen molar-refractivity contribution in [3.05, 3.63) is 60.7 Å². The van der Waals surface area contributed by atoms with Crippen molar-refractivity contribution in [1.82, 2.24) is 0 Å². The number of hydrogen-bond acceptors (Lipinski definition) is 13. The van der Waals surface area contributed by atoms with Crippen LogP contribution >= 0.6 is 0 Å². The molecule has 0 unspecified atom stereocenters. The first-order chi connectivity index (χ1) is 13.7. The summed E-state index contributed by atoms with van der Waals surface area (Å²) in [6.45, 7) is 0. The van der Waals surface area contributed by atoms with E-state index < -0.39 is 72.1 Å². The molecule has 31 heavy (non-hydrogen) atoms. The number of hydrogen-bond donors (Lipinski definition) is 2. The minimum absolute atomic E-state index is 1.33. The molecule has 1 amide bonds. The first-order valence-electron chi connectivity index (χ1n) is 6.63. The van der Waals surface area contributed by atoms with E-state index in [1.54, 1.807) is 0 Å². The standard InChI is InChI=1S/C6H5F3N6O12.CH3NO2/c7-4(10(16)17,11(18)19)1-3(6(9,14(24)25)15(26)27)2-5(8,12(20)21)13(22)23;2-1(3)4/h3H,1-2H2;2H2,(H,3,4). The fraction of sp³-hybridized carbons (Fsp3) is 0.857. The average molecular weight is 471 g/mol. The van der Waals surface area contributed by atoms with Crippen LogP contribution in [-0.4, -0.2) is 58.5 Å². The summed E-state index contributed by atoms with van der Waals surface area (Å²) >= 11 is 0. The van der Waals surface area contributed by atoms with Crippen LogP contribution in [0.15, 0.2) is 0 Å². The molecule has 176 valence electrons. The van der Waals surface area contributed by atoms with Gasteiger partial charge in [0.15, 0.2) is 5.92 Å². The zero-order chi connectivity index (χ0) is 25.5. The number of carbonyl (C=O) groups is 1. The SMILES string of the molecule is NC(=O)O.O=[N+]([O-])C(F)(CC(CC(F)([N+](=O)[O-])[N+](=O)[O-])C(F)([N+](=O)[O-])[N+](=O)[O-])[N+](=O)[O-]. The predicted molar refractivity (Wildman–Crippen MR) is 78.4 cm³/mol. The summed E-state index contributed by atoms with van der Waals surface area (Å²) < 4.78 is 41.9. The van der Waals surface area contributed by atoms with Crippen molar-refractivity contribution >= 4 is 6.09 Å². The number of amides is 1. The van der Waals surface area contributed by atoms with Gasteiger partial charge in [0.2, 0.25) is 0 Å². The molecule has 0 saturated carbocycles. The smallest absolute Gasteiger partial charge is 0.465 e. The van der Waals surface area contributed by atoms with E-state index in [1.165, 1.54) is 0 Å². The largest absolute Gasteiger partial charge is 0.618 e. The Morgan fingerprint density at radius 2 is 0.903 bits per heavy atom. The minimum Gasteiger partial charge on any atom is -0.465 e. The van der Waals surface area contributed by atoms with Crippen LogP contribution in [-0.2, 0) is 0 Å². The van der Waals surface area contributed by atoms with E-state index in [1.807, 2.05) is 0 Å². The lowest BCUT2D eigenvalue weighted by molar-refractivity contribution is -0.869. The molecule has 0 spiro atoms. The number of halogens is 3. The summed E-state index contributed by atoms with van der Waals surface area (Å²) in [5, 5.41) is 70.3. The van der Waals surface area contributed by atoms with Gasteiger partial charge >= 0.3 is 23.8 Å². The molecule has 0 radical (unpaired) electrons. The van der Waals surface area contributed by atoms with Gasteiger partial charge in [-0.3, -0.25) is 60.7 Å². The summed E-state index contributed by atoms with van der Waals surface area (Å²) in [5.41, 5.74) is 4.03. The van der Waals surface area contributed by atoms with Crippen LogP contribution in [0, 0.1) is 66.6 Å². The molecule has 0 aromatic rings. The monoisotopic (exact) mass is 471 g/mol. The van der Waals surface area contributed by atoms with E-state index in [0.29, 0.717) is 0 Å². The van der Waals surface area contributed by atoms with Gasteiger partial charge in [0.25, 0.3) is 0 Å². The van der Waals surface area contributed by atoms with Crippen LogP contribution in [0.2, 0.25) is 0 Å². The Morgan fingerprint density at radius 3 is 1.03 bits per heavy atom. The van der Waals surface area contributed by atoms with E-state index in [-0.39, 0.29) is 0 Å². The Hall–Kier alpha value is -4.54. The molecule has 3 N–H and O–H groups in total. The Balaban J connectivity index is 0. The Labute approximate surface area is 163 Å². The maximum absolute atomic E-state index is 14.2. The van der Waals surface area contributed by atoms with Gasteiger partial charge in [0.1, 0.15) is 42.4 Å². The number of rotatable bonds is 11. The molecule has 0 aliphatic rings. The highest BCUT2D eigenvalue weighted by molar-refractivity contribution is 5.61. The molecule has 0 aliphatic carbocycles. The van der Waals surface area contributed by atoms with Crippen molar-refractivity contribution in [2.24, 2.45) is 11.7 Å². The van der Waals surface area contributed by atoms with Gasteiger partial charge in [-0.25, -0.2) is 4.79 Å². The van der Waals surface area contributed by atoms with E-state index in [9.17, 15) is 73.9 Å². The molecule has 0 bridgehead atoms. The minimum atomic E-state index is -5.38. The number of nitro groups is 6. The van der Waals surface area contributed by atoms with E-state index >= 15 is 0 Å². The van der Waals surface area contributed by atoms with Crippen molar-refractivity contribution in [2.45, 2.75) is 30.6 Å². The van der Waals surface area contributed by atoms with E-state index in [0.717, 1.165) is 0 Å². The topological polar surface area (TPSA) is 322 Å². The van der Waals surface area contributed by atoms with Gasteiger partial charge in [0.05, 0.1) is 0 Å². The molecular weight excluding hydrogens is 463 g/mol. The zero-order valence-electron chi connectivity index (χ0n) is 14.1. The summed E-state index contributed by atoms with van der Waals surface area (Å²) in [4.78, 5) is 57.0. The van der Waals surface area contributed by atoms with Gasteiger partial charge in [-0.2, -0.15) is 0 Å². The lowest BCUT2D eigenvalue weighted by atomic mass is 9.92. The lowest BCUT2D eigenvalue weighted by Gasteiger charge is -2.20. The molecule has 0 aliphatic heterocycles. The molecular formula is C7H8F3N7O14. The number of nitrogens with zero attached hydrogens (tertiary/aromatic N) is 6. The fourth-order valence-corrected chi connectivity index (χ4v) is 1.76. The van der Waals surface area contributed by atoms with Crippen LogP contribution in [0.25, 0.3) is 0 Å². The maximum atomic E-state index is 14.2. The first kappa shape index (κ1) is 28.7. The number of primary amides is 1. The molecule has 0 rings (SSSR count). The second kappa shape index (κ2) is 9.78. The normalized spacial score (nSPS) is 11.6. The van der Waals surface area contributed by atoms with Crippen LogP contribution in [0.4, 0.5) is 18.0 Å². The van der Waals surface area contributed by atoms with Gasteiger partial charge in [-0.15, -0.1) is 0 Å². The molecule has 0 heterocycles. The van der Waals surface area contributed by atoms with Gasteiger partial charge < -0.3 is 10.8 Å². The highest BCUT2D eigenvalue weighted by atomic mass is 19.2. The molecule has 0 atom stereocenters. The van der Waals surface area contributed by atoms with Crippen LogP contribution in [0.1, 0.15) is 12.8 Å². The number of carboxylic acid groups (broad SMARTS) is 1.